The predicted octanol–water partition coefficient (Wildman–Crippen LogP) is 2.15. The van der Waals surface area contributed by atoms with Gasteiger partial charge in [0.25, 0.3) is 5.09 Å². The molecule has 1 nitrogen and oxygen atoms in total. The van der Waals surface area contributed by atoms with Gasteiger partial charge in [-0.2, -0.15) is 0 Å². The molecule has 1 rings (SSSR count). The van der Waals surface area contributed by atoms with Crippen LogP contribution in [0.25, 0.3) is 0 Å². The van der Waals surface area contributed by atoms with E-state index < -0.39 is 0 Å². The van der Waals surface area contributed by atoms with Gasteiger partial charge in [0.2, 0.25) is 0 Å². The maximum Gasteiger partial charge on any atom is 0.298 e. The first-order chi connectivity index (χ1) is 4.61. The minimum atomic E-state index is 0.630. The first-order valence-electron chi connectivity index (χ1n) is 3.09. The lowest BCUT2D eigenvalue weighted by atomic mass is 10.1. The zero-order valence-corrected chi connectivity index (χ0v) is 7.01. The van der Waals surface area contributed by atoms with E-state index in [1.165, 1.54) is 11.8 Å². The van der Waals surface area contributed by atoms with Crippen LogP contribution in [-0.2, 0) is 0 Å². The lowest BCUT2D eigenvalue weighted by Gasteiger charge is -2.08. The summed E-state index contributed by atoms with van der Waals surface area (Å²) in [5.74, 6) is 0. The summed E-state index contributed by atoms with van der Waals surface area (Å²) in [6.07, 6.45) is 2.01. The predicted molar refractivity (Wildman–Crippen MR) is 46.8 cm³/mol. The van der Waals surface area contributed by atoms with Crippen molar-refractivity contribution in [2.75, 3.05) is 0 Å². The second kappa shape index (κ2) is 2.54. The van der Waals surface area contributed by atoms with E-state index in [4.69, 9.17) is 5.11 Å². The van der Waals surface area contributed by atoms with Crippen molar-refractivity contribution >= 4 is 11.8 Å². The zero-order valence-electron chi connectivity index (χ0n) is 6.19. The molecule has 0 amide bonds. The third kappa shape index (κ3) is 1.27. The van der Waals surface area contributed by atoms with Gasteiger partial charge < -0.3 is 5.11 Å². The summed E-state index contributed by atoms with van der Waals surface area (Å²) in [4.78, 5) is 1.15. The van der Waals surface area contributed by atoms with Crippen molar-refractivity contribution < 1.29 is 5.11 Å². The summed E-state index contributed by atoms with van der Waals surface area (Å²) in [6, 6.07) is 0. The molecule has 54 valence electrons. The first-order valence-corrected chi connectivity index (χ1v) is 3.91. The Morgan fingerprint density at radius 1 is 1.50 bits per heavy atom. The van der Waals surface area contributed by atoms with Gasteiger partial charge >= 0.3 is 0 Å². The molecule has 0 atom stereocenters. The van der Waals surface area contributed by atoms with E-state index in [2.05, 4.69) is 6.58 Å². The summed E-state index contributed by atoms with van der Waals surface area (Å²) in [7, 11) is 0. The normalized spacial score (nSPS) is 19.4. The molecule has 1 aliphatic heterocycles. The van der Waals surface area contributed by atoms with Crippen LogP contribution in [0.2, 0.25) is 0 Å². The molecule has 2 N–H and O–H groups in total. The summed E-state index contributed by atoms with van der Waals surface area (Å²) in [6.45, 7) is 7.76. The minimum Gasteiger partial charge on any atom is -0.588 e. The van der Waals surface area contributed by atoms with Gasteiger partial charge in [-0.1, -0.05) is 6.58 Å². The molecular weight excluding hydrogens is 144 g/mol. The van der Waals surface area contributed by atoms with Crippen molar-refractivity contribution in [3.63, 3.8) is 0 Å². The van der Waals surface area contributed by atoms with Gasteiger partial charge in [0.1, 0.15) is 0 Å². The molecule has 0 unspecified atom stereocenters. The minimum absolute atomic E-state index is 0.630. The number of rotatable bonds is 0. The molecule has 0 radical (unpaired) electrons. The van der Waals surface area contributed by atoms with E-state index in [1.54, 1.807) is 0 Å². The average molecular weight is 155 g/mol. The first kappa shape index (κ1) is 7.48. The van der Waals surface area contributed by atoms with E-state index in [-0.39, 0.29) is 0 Å². The highest BCUT2D eigenvalue weighted by Gasteiger charge is 2.14. The number of hydrogen-bond donors (Lipinski definition) is 0. The second-order valence-electron chi connectivity index (χ2n) is 2.34. The van der Waals surface area contributed by atoms with Crippen molar-refractivity contribution in [2.45, 2.75) is 13.8 Å². The topological polar surface area (TPSA) is 22.9 Å². The third-order valence-corrected chi connectivity index (χ3v) is 2.41. The highest BCUT2D eigenvalue weighted by molar-refractivity contribution is 8.06. The van der Waals surface area contributed by atoms with Crippen LogP contribution in [0.1, 0.15) is 13.8 Å². The van der Waals surface area contributed by atoms with E-state index in [0.29, 0.717) is 5.09 Å². The molecule has 1 aliphatic rings. The van der Waals surface area contributed by atoms with Crippen molar-refractivity contribution in [2.24, 2.45) is 0 Å². The maximum absolute atomic E-state index is 7.48. The lowest BCUT2D eigenvalue weighted by molar-refractivity contribution is 0.451. The highest BCUT2D eigenvalue weighted by atomic mass is 32.2. The van der Waals surface area contributed by atoms with Crippen molar-refractivity contribution in [3.05, 3.63) is 33.8 Å². The van der Waals surface area contributed by atoms with Gasteiger partial charge in [0.05, 0.1) is 5.57 Å². The van der Waals surface area contributed by atoms with Crippen LogP contribution in [0.4, 0.5) is 0 Å². The second-order valence-corrected chi connectivity index (χ2v) is 3.59. The Kier molecular flexibility index (Phi) is 1.90. The molecule has 0 saturated heterocycles. The van der Waals surface area contributed by atoms with Gasteiger partial charge in [-0.15, -0.1) is 0 Å². The van der Waals surface area contributed by atoms with Gasteiger partial charge in [-0.05, 0) is 30.4 Å². The molecule has 10 heavy (non-hydrogen) atoms. The summed E-state index contributed by atoms with van der Waals surface area (Å²) >= 11 is 1.50. The fraction of sp³-hybridized carbons (Fsp3) is 0.250. The van der Waals surface area contributed by atoms with Crippen LogP contribution >= 0.6 is 11.8 Å². The summed E-state index contributed by atoms with van der Waals surface area (Å²) in [5.41, 5.74) is 1.97. The van der Waals surface area contributed by atoms with Crippen LogP contribution in [0.3, 0.4) is 0 Å². The smallest absolute Gasteiger partial charge is 0.298 e. The number of allylic oxidation sites excluding steroid dienone is 4. The molecule has 0 aromatic heterocycles. The Hall–Kier alpha value is -0.630. The van der Waals surface area contributed by atoms with Crippen molar-refractivity contribution in [1.82, 2.24) is 0 Å². The van der Waals surface area contributed by atoms with Crippen LogP contribution in [0.5, 0.6) is 0 Å². The van der Waals surface area contributed by atoms with Gasteiger partial charge in [0.15, 0.2) is 0 Å². The number of hydrogen-bond acceptors (Lipinski definition) is 1. The standard InChI is InChI=1S/C8H10OS/c1-5-4-6(2)10-8(9)7(5)3/h4,9H,1H2,2-3H3/p+1. The Morgan fingerprint density at radius 2 is 2.10 bits per heavy atom. The molecule has 1 heterocycles. The molecule has 0 spiro atoms. The quantitative estimate of drug-likeness (QED) is 0.491. The maximum atomic E-state index is 7.48. The summed E-state index contributed by atoms with van der Waals surface area (Å²) in [5, 5.41) is 8.11. The van der Waals surface area contributed by atoms with Crippen molar-refractivity contribution in [1.29, 1.82) is 0 Å². The van der Waals surface area contributed by atoms with Gasteiger partial charge in [-0.25, -0.2) is 0 Å². The molecule has 0 bridgehead atoms. The highest BCUT2D eigenvalue weighted by Crippen LogP contribution is 2.33. The average Bonchev–Trinajstić information content (AvgIpc) is 1.82. The van der Waals surface area contributed by atoms with Crippen LogP contribution in [-0.4, -0.2) is 5.11 Å². The Labute approximate surface area is 65.1 Å². The molecular formula is C8H11OS+. The van der Waals surface area contributed by atoms with E-state index in [9.17, 15) is 0 Å². The van der Waals surface area contributed by atoms with Crippen LogP contribution in [0, 0.1) is 0 Å². The van der Waals surface area contributed by atoms with E-state index in [0.717, 1.165) is 16.1 Å². The van der Waals surface area contributed by atoms with Gasteiger partial charge in [0, 0.05) is 11.8 Å². The molecule has 0 aliphatic carbocycles. The molecule has 0 fully saturated rings. The Balaban J connectivity index is 2.96. The van der Waals surface area contributed by atoms with Crippen molar-refractivity contribution in [3.8, 4) is 0 Å². The fourth-order valence-electron chi connectivity index (χ4n) is 0.766. The third-order valence-electron chi connectivity index (χ3n) is 1.46. The van der Waals surface area contributed by atoms with E-state index >= 15 is 0 Å². The zero-order chi connectivity index (χ0) is 7.72. The molecule has 0 saturated carbocycles. The lowest BCUT2D eigenvalue weighted by Crippen LogP contribution is -1.91. The SMILES string of the molecule is C=C1C=C(C)SC([OH2+])=C1C. The molecule has 2 heteroatoms. The Morgan fingerprint density at radius 3 is 2.60 bits per heavy atom. The monoisotopic (exact) mass is 155 g/mol. The van der Waals surface area contributed by atoms with Gasteiger partial charge in [-0.3, -0.25) is 0 Å². The number of thioether (sulfide) groups is 1. The van der Waals surface area contributed by atoms with Crippen LogP contribution in [0.15, 0.2) is 33.8 Å². The van der Waals surface area contributed by atoms with Crippen LogP contribution < -0.4 is 0 Å². The summed E-state index contributed by atoms with van der Waals surface area (Å²) < 4.78 is 0. The van der Waals surface area contributed by atoms with E-state index in [1.807, 2.05) is 19.9 Å². The fourth-order valence-corrected chi connectivity index (χ4v) is 1.57. The molecule has 0 aromatic rings. The largest absolute Gasteiger partial charge is 0.588 e. The molecule has 0 aromatic carbocycles. The Bertz CT molecular complexity index is 236.